The van der Waals surface area contributed by atoms with Crippen LogP contribution in [-0.2, 0) is 6.54 Å². The third-order valence-corrected chi connectivity index (χ3v) is 4.47. The summed E-state index contributed by atoms with van der Waals surface area (Å²) >= 11 is 1.98. The van der Waals surface area contributed by atoms with Gasteiger partial charge in [-0.25, -0.2) is 4.39 Å². The van der Waals surface area contributed by atoms with Crippen LogP contribution in [0.4, 0.5) is 4.39 Å². The van der Waals surface area contributed by atoms with Gasteiger partial charge in [-0.1, -0.05) is 17.9 Å². The number of hydrogen-bond donors (Lipinski definition) is 1. The molecule has 0 radical (unpaired) electrons. The first-order chi connectivity index (χ1) is 9.20. The number of rotatable bonds is 3. The molecule has 1 fully saturated rings. The normalized spacial score (nSPS) is 18.4. The molecule has 102 valence electrons. The summed E-state index contributed by atoms with van der Waals surface area (Å²) in [6, 6.07) is 5.29. The third-order valence-electron chi connectivity index (χ3n) is 3.32. The molecule has 0 aliphatic carbocycles. The molecule has 1 aromatic rings. The summed E-state index contributed by atoms with van der Waals surface area (Å²) in [7, 11) is 2.10. The highest BCUT2D eigenvalue weighted by Crippen LogP contribution is 2.23. The third kappa shape index (κ3) is 3.97. The number of thioether (sulfide) groups is 1. The highest BCUT2D eigenvalue weighted by molar-refractivity contribution is 7.99. The molecule has 0 amide bonds. The van der Waals surface area contributed by atoms with E-state index in [1.807, 2.05) is 11.8 Å². The molecule has 1 aromatic carbocycles. The van der Waals surface area contributed by atoms with E-state index in [4.69, 9.17) is 5.11 Å². The molecule has 0 spiro atoms. The van der Waals surface area contributed by atoms with Crippen LogP contribution in [0, 0.1) is 17.7 Å². The predicted octanol–water partition coefficient (Wildman–Crippen LogP) is 2.11. The summed E-state index contributed by atoms with van der Waals surface area (Å²) in [4.78, 5) is 2.30. The first-order valence-electron chi connectivity index (χ1n) is 6.37. The Kier molecular flexibility index (Phi) is 5.26. The Bertz CT molecular complexity index is 489. The topological polar surface area (TPSA) is 23.5 Å². The number of benzene rings is 1. The van der Waals surface area contributed by atoms with E-state index in [2.05, 4.69) is 23.8 Å². The molecule has 1 unspecified atom stereocenters. The lowest BCUT2D eigenvalue weighted by Gasteiger charge is -2.24. The molecule has 1 atom stereocenters. The molecule has 1 aliphatic heterocycles. The van der Waals surface area contributed by atoms with Crippen molar-refractivity contribution >= 4 is 11.8 Å². The highest BCUT2D eigenvalue weighted by atomic mass is 32.2. The smallest absolute Gasteiger partial charge is 0.124 e. The summed E-state index contributed by atoms with van der Waals surface area (Å²) in [5.74, 6) is 7.51. The molecule has 2 rings (SSSR count). The van der Waals surface area contributed by atoms with Crippen LogP contribution >= 0.6 is 11.8 Å². The van der Waals surface area contributed by atoms with Crippen LogP contribution in [0.3, 0.4) is 0 Å². The van der Waals surface area contributed by atoms with Crippen molar-refractivity contribution in [2.24, 2.45) is 0 Å². The number of halogens is 1. The lowest BCUT2D eigenvalue weighted by Crippen LogP contribution is -2.31. The Morgan fingerprint density at radius 1 is 1.53 bits per heavy atom. The fraction of sp³-hybridized carbons (Fsp3) is 0.467. The van der Waals surface area contributed by atoms with Gasteiger partial charge < -0.3 is 5.11 Å². The molecule has 4 heteroatoms. The van der Waals surface area contributed by atoms with Crippen LogP contribution < -0.4 is 0 Å². The predicted molar refractivity (Wildman–Crippen MR) is 77.6 cm³/mol. The minimum Gasteiger partial charge on any atom is -0.384 e. The maximum atomic E-state index is 13.3. The Morgan fingerprint density at radius 3 is 3.05 bits per heavy atom. The van der Waals surface area contributed by atoms with E-state index in [1.54, 1.807) is 6.07 Å². The standard InChI is InChI=1S/C15H18FNOS/c1-17(15-6-8-19-11-15)10-13-4-5-14(16)9-12(13)3-2-7-18/h4-5,9,15,18H,6-8,10-11H2,1H3. The van der Waals surface area contributed by atoms with Crippen LogP contribution in [0.25, 0.3) is 0 Å². The highest BCUT2D eigenvalue weighted by Gasteiger charge is 2.20. The Morgan fingerprint density at radius 2 is 2.37 bits per heavy atom. The van der Waals surface area contributed by atoms with E-state index in [-0.39, 0.29) is 12.4 Å². The van der Waals surface area contributed by atoms with E-state index in [1.165, 1.54) is 24.3 Å². The van der Waals surface area contributed by atoms with Crippen LogP contribution in [0.2, 0.25) is 0 Å². The number of aliphatic hydroxyl groups excluding tert-OH is 1. The van der Waals surface area contributed by atoms with Gasteiger partial charge in [-0.3, -0.25) is 4.90 Å². The zero-order valence-electron chi connectivity index (χ0n) is 11.0. The van der Waals surface area contributed by atoms with E-state index < -0.39 is 0 Å². The molecular weight excluding hydrogens is 261 g/mol. The van der Waals surface area contributed by atoms with Gasteiger partial charge in [0.15, 0.2) is 0 Å². The summed E-state index contributed by atoms with van der Waals surface area (Å²) in [6.07, 6.45) is 1.21. The second-order valence-electron chi connectivity index (χ2n) is 4.69. The van der Waals surface area contributed by atoms with E-state index in [0.29, 0.717) is 11.6 Å². The van der Waals surface area contributed by atoms with Crippen LogP contribution in [0.5, 0.6) is 0 Å². The number of hydrogen-bond acceptors (Lipinski definition) is 3. The monoisotopic (exact) mass is 279 g/mol. The van der Waals surface area contributed by atoms with Gasteiger partial charge in [0.2, 0.25) is 0 Å². The van der Waals surface area contributed by atoms with E-state index in [9.17, 15) is 4.39 Å². The summed E-state index contributed by atoms with van der Waals surface area (Å²) in [5.41, 5.74) is 1.69. The van der Waals surface area contributed by atoms with Gasteiger partial charge in [-0.15, -0.1) is 0 Å². The van der Waals surface area contributed by atoms with Crippen molar-refractivity contribution in [1.29, 1.82) is 0 Å². The second-order valence-corrected chi connectivity index (χ2v) is 5.84. The van der Waals surface area contributed by atoms with Crippen LogP contribution in [0.1, 0.15) is 17.5 Å². The molecule has 1 N–H and O–H groups in total. The molecule has 0 saturated carbocycles. The van der Waals surface area contributed by atoms with Crippen molar-refractivity contribution < 1.29 is 9.50 Å². The van der Waals surface area contributed by atoms with Crippen molar-refractivity contribution in [3.05, 3.63) is 35.1 Å². The SMILES string of the molecule is CN(Cc1ccc(F)cc1C#CCO)C1CCSC1. The van der Waals surface area contributed by atoms with Gasteiger partial charge in [-0.2, -0.15) is 11.8 Å². The summed E-state index contributed by atoms with van der Waals surface area (Å²) in [5, 5.41) is 8.76. The molecule has 19 heavy (non-hydrogen) atoms. The molecule has 2 nitrogen and oxygen atoms in total. The molecule has 0 bridgehead atoms. The summed E-state index contributed by atoms with van der Waals surface area (Å²) in [6.45, 7) is 0.562. The van der Waals surface area contributed by atoms with Crippen molar-refractivity contribution in [2.45, 2.75) is 19.0 Å². The maximum Gasteiger partial charge on any atom is 0.124 e. The average molecular weight is 279 g/mol. The van der Waals surface area contributed by atoms with Crippen molar-refractivity contribution in [2.75, 3.05) is 25.2 Å². The van der Waals surface area contributed by atoms with Crippen LogP contribution in [0.15, 0.2) is 18.2 Å². The minimum absolute atomic E-state index is 0.203. The number of nitrogens with zero attached hydrogens (tertiary/aromatic N) is 1. The quantitative estimate of drug-likeness (QED) is 0.857. The van der Waals surface area contributed by atoms with Crippen molar-refractivity contribution in [1.82, 2.24) is 4.90 Å². The largest absolute Gasteiger partial charge is 0.384 e. The van der Waals surface area contributed by atoms with Gasteiger partial charge in [0.1, 0.15) is 12.4 Å². The fourth-order valence-corrected chi connectivity index (χ4v) is 3.50. The van der Waals surface area contributed by atoms with Gasteiger partial charge >= 0.3 is 0 Å². The number of aliphatic hydroxyl groups is 1. The molecule has 1 aliphatic rings. The van der Waals surface area contributed by atoms with Crippen LogP contribution in [-0.4, -0.2) is 41.2 Å². The van der Waals surface area contributed by atoms with Gasteiger partial charge in [0, 0.05) is 23.9 Å². The molecule has 1 heterocycles. The van der Waals surface area contributed by atoms with Crippen molar-refractivity contribution in [3.8, 4) is 11.8 Å². The van der Waals surface area contributed by atoms with Gasteiger partial charge in [0.05, 0.1) is 0 Å². The van der Waals surface area contributed by atoms with E-state index >= 15 is 0 Å². The van der Waals surface area contributed by atoms with Gasteiger partial charge in [0.25, 0.3) is 0 Å². The fourth-order valence-electron chi connectivity index (χ4n) is 2.21. The van der Waals surface area contributed by atoms with E-state index in [0.717, 1.165) is 17.9 Å². The van der Waals surface area contributed by atoms with Gasteiger partial charge in [-0.05, 0) is 36.9 Å². The maximum absolute atomic E-state index is 13.3. The average Bonchev–Trinajstić information content (AvgIpc) is 2.93. The molecule has 1 saturated heterocycles. The van der Waals surface area contributed by atoms with Crippen molar-refractivity contribution in [3.63, 3.8) is 0 Å². The lowest BCUT2D eigenvalue weighted by atomic mass is 10.1. The Hall–Kier alpha value is -1.02. The second kappa shape index (κ2) is 6.95. The Labute approximate surface area is 118 Å². The Balaban J connectivity index is 2.14. The lowest BCUT2D eigenvalue weighted by molar-refractivity contribution is 0.254. The zero-order chi connectivity index (χ0) is 13.7. The zero-order valence-corrected chi connectivity index (χ0v) is 11.8. The molecule has 0 aromatic heterocycles. The minimum atomic E-state index is -0.287. The summed E-state index contributed by atoms with van der Waals surface area (Å²) < 4.78 is 13.3. The first kappa shape index (κ1) is 14.4. The molecular formula is C15H18FNOS. The first-order valence-corrected chi connectivity index (χ1v) is 7.52.